The van der Waals surface area contributed by atoms with E-state index < -0.39 is 72.0 Å². The lowest BCUT2D eigenvalue weighted by Crippen LogP contribution is -2.54. The van der Waals surface area contributed by atoms with E-state index in [4.69, 9.17) is 26.7 Å². The molecule has 0 aliphatic rings. The molecule has 44 heavy (non-hydrogen) atoms. The number of carboxylic acid groups (broad SMARTS) is 3. The van der Waals surface area contributed by atoms with Crippen molar-refractivity contribution in [2.24, 2.45) is 5.73 Å². The molecule has 16 nitrogen and oxygen atoms in total. The molecule has 1 unspecified atom stereocenters. The second-order valence-corrected chi connectivity index (χ2v) is 10.6. The van der Waals surface area contributed by atoms with Gasteiger partial charge in [-0.25, -0.2) is 14.4 Å². The van der Waals surface area contributed by atoms with Gasteiger partial charge in [0, 0.05) is 17.7 Å². The van der Waals surface area contributed by atoms with E-state index in [1.807, 2.05) is 5.32 Å². The number of nitrogens with two attached hydrogens (primary N) is 2. The standard InChI is InChI=1S/C28H34N6O10/c1-28(2,3)44-27(43)33-18(10-14-4-6-15(7-5-14)23(30)31)24(38)34(20-11-16(29)8-9-17(20)25(39)40)13-21(35)32-19(26(41)42)12-22(36)37/h4-9,11,18-19H,10,12-13,29H2,1-3H3,(H3,30,31)(H,32,35)(H,33,43)(H,36,37)(H,39,40)(H,41,42)/t18?,19-/m0/s1. The van der Waals surface area contributed by atoms with E-state index in [0.29, 0.717) is 16.0 Å². The number of anilines is 2. The molecule has 16 heteroatoms. The van der Waals surface area contributed by atoms with Gasteiger partial charge in [-0.15, -0.1) is 0 Å². The summed E-state index contributed by atoms with van der Waals surface area (Å²) in [5.74, 6) is -7.05. The van der Waals surface area contributed by atoms with Gasteiger partial charge >= 0.3 is 24.0 Å². The maximum atomic E-state index is 14.1. The first-order chi connectivity index (χ1) is 20.4. The van der Waals surface area contributed by atoms with Gasteiger partial charge in [0.2, 0.25) is 5.91 Å². The number of ether oxygens (including phenoxy) is 1. The van der Waals surface area contributed by atoms with Crippen LogP contribution in [0.15, 0.2) is 42.5 Å². The van der Waals surface area contributed by atoms with Crippen LogP contribution < -0.4 is 27.0 Å². The summed E-state index contributed by atoms with van der Waals surface area (Å²) in [4.78, 5) is 75.3. The molecule has 0 saturated carbocycles. The Morgan fingerprint density at radius 1 is 0.955 bits per heavy atom. The zero-order valence-corrected chi connectivity index (χ0v) is 24.1. The number of carbonyl (C=O) groups is 6. The number of hydrogen-bond acceptors (Lipinski definition) is 9. The fourth-order valence-electron chi connectivity index (χ4n) is 3.89. The van der Waals surface area contributed by atoms with Crippen molar-refractivity contribution in [1.29, 1.82) is 5.41 Å². The van der Waals surface area contributed by atoms with Crippen molar-refractivity contribution in [3.05, 3.63) is 59.2 Å². The Morgan fingerprint density at radius 2 is 1.57 bits per heavy atom. The lowest BCUT2D eigenvalue weighted by Gasteiger charge is -2.30. The number of aromatic carboxylic acids is 1. The highest BCUT2D eigenvalue weighted by Crippen LogP contribution is 2.25. The number of alkyl carbamates (subject to hydrolysis) is 1. The highest BCUT2D eigenvalue weighted by molar-refractivity contribution is 6.08. The predicted molar refractivity (Wildman–Crippen MR) is 156 cm³/mol. The number of rotatable bonds is 13. The van der Waals surface area contributed by atoms with E-state index in [1.165, 1.54) is 30.3 Å². The van der Waals surface area contributed by atoms with Crippen molar-refractivity contribution < 1.29 is 48.8 Å². The summed E-state index contributed by atoms with van der Waals surface area (Å²) in [5.41, 5.74) is 10.4. The average molecular weight is 615 g/mol. The quantitative estimate of drug-likeness (QED) is 0.0882. The minimum absolute atomic E-state index is 0.00831. The number of aliphatic carboxylic acids is 2. The number of hydrogen-bond donors (Lipinski definition) is 8. The molecular formula is C28H34N6O10. The van der Waals surface area contributed by atoms with Gasteiger partial charge in [-0.3, -0.25) is 19.8 Å². The summed E-state index contributed by atoms with van der Waals surface area (Å²) in [6.07, 6.45) is -2.21. The fourth-order valence-corrected chi connectivity index (χ4v) is 3.89. The lowest BCUT2D eigenvalue weighted by molar-refractivity contribution is -0.147. The fraction of sp³-hybridized carbons (Fsp3) is 0.321. The number of nitrogens with zero attached hydrogens (tertiary/aromatic N) is 1. The van der Waals surface area contributed by atoms with Crippen molar-refractivity contribution in [3.8, 4) is 0 Å². The molecule has 10 N–H and O–H groups in total. The third-order valence-electron chi connectivity index (χ3n) is 5.82. The molecule has 2 aromatic rings. The van der Waals surface area contributed by atoms with Crippen LogP contribution in [0.25, 0.3) is 0 Å². The van der Waals surface area contributed by atoms with E-state index in [1.54, 1.807) is 20.8 Å². The minimum atomic E-state index is -1.87. The largest absolute Gasteiger partial charge is 0.481 e. The van der Waals surface area contributed by atoms with Gasteiger partial charge in [0.25, 0.3) is 5.91 Å². The molecule has 236 valence electrons. The molecule has 0 aliphatic carbocycles. The van der Waals surface area contributed by atoms with Gasteiger partial charge in [0.05, 0.1) is 17.7 Å². The van der Waals surface area contributed by atoms with Crippen LogP contribution in [-0.4, -0.2) is 81.2 Å². The molecular weight excluding hydrogens is 580 g/mol. The Hall–Kier alpha value is -5.67. The van der Waals surface area contributed by atoms with Gasteiger partial charge < -0.3 is 47.1 Å². The summed E-state index contributed by atoms with van der Waals surface area (Å²) in [6.45, 7) is 3.77. The molecule has 2 rings (SSSR count). The van der Waals surface area contributed by atoms with Crippen LogP contribution in [0.3, 0.4) is 0 Å². The lowest BCUT2D eigenvalue weighted by atomic mass is 10.0. The maximum Gasteiger partial charge on any atom is 0.408 e. The summed E-state index contributed by atoms with van der Waals surface area (Å²) in [5, 5.41) is 40.2. The van der Waals surface area contributed by atoms with Gasteiger partial charge in [-0.05, 0) is 44.5 Å². The smallest absolute Gasteiger partial charge is 0.408 e. The average Bonchev–Trinajstić information content (AvgIpc) is 2.89. The van der Waals surface area contributed by atoms with Crippen LogP contribution in [0.5, 0.6) is 0 Å². The Morgan fingerprint density at radius 3 is 2.07 bits per heavy atom. The van der Waals surface area contributed by atoms with Crippen molar-refractivity contribution in [3.63, 3.8) is 0 Å². The first kappa shape index (κ1) is 34.5. The minimum Gasteiger partial charge on any atom is -0.481 e. The first-order valence-electron chi connectivity index (χ1n) is 13.0. The van der Waals surface area contributed by atoms with Gasteiger partial charge in [0.15, 0.2) is 0 Å². The maximum absolute atomic E-state index is 14.1. The second kappa shape index (κ2) is 14.5. The van der Waals surface area contributed by atoms with E-state index in [9.17, 15) is 39.0 Å². The molecule has 0 aliphatic heterocycles. The summed E-state index contributed by atoms with van der Waals surface area (Å²) < 4.78 is 5.29. The highest BCUT2D eigenvalue weighted by Gasteiger charge is 2.33. The summed E-state index contributed by atoms with van der Waals surface area (Å²) >= 11 is 0. The predicted octanol–water partition coefficient (Wildman–Crippen LogP) is 0.764. The normalized spacial score (nSPS) is 12.2. The number of carbonyl (C=O) groups excluding carboxylic acids is 3. The number of benzene rings is 2. The van der Waals surface area contributed by atoms with Crippen molar-refractivity contribution in [2.45, 2.75) is 51.3 Å². The van der Waals surface area contributed by atoms with Crippen molar-refractivity contribution in [1.82, 2.24) is 10.6 Å². The molecule has 0 aromatic heterocycles. The number of amidine groups is 1. The Labute approximate surface area is 251 Å². The molecule has 0 heterocycles. The van der Waals surface area contributed by atoms with E-state index in [-0.39, 0.29) is 23.6 Å². The molecule has 0 saturated heterocycles. The van der Waals surface area contributed by atoms with Crippen molar-refractivity contribution in [2.75, 3.05) is 17.2 Å². The van der Waals surface area contributed by atoms with E-state index in [2.05, 4.69) is 5.32 Å². The number of nitrogen functional groups attached to an aromatic ring is 2. The van der Waals surface area contributed by atoms with Gasteiger partial charge in [-0.1, -0.05) is 24.3 Å². The van der Waals surface area contributed by atoms with Crippen LogP contribution in [0.2, 0.25) is 0 Å². The highest BCUT2D eigenvalue weighted by atomic mass is 16.6. The number of nitrogens with one attached hydrogen (secondary N) is 3. The summed E-state index contributed by atoms with van der Waals surface area (Å²) in [6, 6.07) is 6.18. The van der Waals surface area contributed by atoms with Gasteiger partial charge in [-0.2, -0.15) is 0 Å². The van der Waals surface area contributed by atoms with Crippen LogP contribution >= 0.6 is 0 Å². The van der Waals surface area contributed by atoms with Crippen LogP contribution in [0, 0.1) is 5.41 Å². The molecule has 3 amide bonds. The van der Waals surface area contributed by atoms with Crippen LogP contribution in [0.4, 0.5) is 16.2 Å². The molecule has 0 spiro atoms. The molecule has 0 radical (unpaired) electrons. The third-order valence-corrected chi connectivity index (χ3v) is 5.82. The second-order valence-electron chi connectivity index (χ2n) is 10.6. The SMILES string of the molecule is CC(C)(C)OC(=O)NC(Cc1ccc(C(=N)N)cc1)C(=O)N(CC(=O)N[C@@H](CC(=O)O)C(=O)O)c1cc(N)ccc1C(=O)O. The zero-order chi connectivity index (χ0) is 33.4. The van der Waals surface area contributed by atoms with E-state index in [0.717, 1.165) is 12.1 Å². The first-order valence-corrected chi connectivity index (χ1v) is 13.0. The Kier molecular flexibility index (Phi) is 11.4. The van der Waals surface area contributed by atoms with E-state index >= 15 is 0 Å². The molecule has 2 atom stereocenters. The monoisotopic (exact) mass is 614 g/mol. The zero-order valence-electron chi connectivity index (χ0n) is 24.1. The van der Waals surface area contributed by atoms with Crippen LogP contribution in [0.1, 0.15) is 48.7 Å². The Balaban J connectivity index is 2.61. The molecule has 0 bridgehead atoms. The Bertz CT molecular complexity index is 1450. The molecule has 0 fully saturated rings. The summed E-state index contributed by atoms with van der Waals surface area (Å²) in [7, 11) is 0. The van der Waals surface area contributed by atoms with Crippen molar-refractivity contribution >= 4 is 53.0 Å². The topological polar surface area (TPSA) is 276 Å². The number of amides is 3. The third kappa shape index (κ3) is 10.3. The van der Waals surface area contributed by atoms with Crippen LogP contribution in [-0.2, 0) is 30.3 Å². The van der Waals surface area contributed by atoms with Gasteiger partial charge in [0.1, 0.15) is 30.1 Å². The molecule has 2 aromatic carbocycles. The number of carboxylic acids is 3.